The standard InChI is InChI=1S/C14H18FN3O9S/c15-4-1-18(14(24)17-11(4)16)5-3-28-6(26-5)2-25-13-9(21)7(19)8(20)10(27-13)12(22)23/h1,5-10,13,19-21H,2-3H2,(H,22,23)(H2,16,17,24). The highest BCUT2D eigenvalue weighted by Gasteiger charge is 2.47. The predicted molar refractivity (Wildman–Crippen MR) is 89.5 cm³/mol. The molecule has 28 heavy (non-hydrogen) atoms. The number of aliphatic hydroxyl groups is 3. The minimum atomic E-state index is -1.83. The molecule has 14 heteroatoms. The monoisotopic (exact) mass is 423 g/mol. The number of aliphatic carboxylic acids is 1. The summed E-state index contributed by atoms with van der Waals surface area (Å²) in [5.74, 6) is -2.68. The van der Waals surface area contributed by atoms with Crippen LogP contribution in [-0.4, -0.2) is 84.4 Å². The van der Waals surface area contributed by atoms with Gasteiger partial charge in [0.1, 0.15) is 30.0 Å². The Morgan fingerprint density at radius 1 is 1.36 bits per heavy atom. The smallest absolute Gasteiger partial charge is 0.351 e. The van der Waals surface area contributed by atoms with Crippen molar-refractivity contribution in [2.24, 2.45) is 0 Å². The van der Waals surface area contributed by atoms with E-state index in [1.54, 1.807) is 0 Å². The van der Waals surface area contributed by atoms with Gasteiger partial charge < -0.3 is 40.4 Å². The van der Waals surface area contributed by atoms with Gasteiger partial charge in [0.25, 0.3) is 0 Å². The number of carboxylic acids is 1. The first-order valence-corrected chi connectivity index (χ1v) is 9.09. The molecule has 1 aromatic rings. The first kappa shape index (κ1) is 20.9. The summed E-state index contributed by atoms with van der Waals surface area (Å²) in [5, 5.41) is 38.3. The first-order chi connectivity index (χ1) is 13.2. The van der Waals surface area contributed by atoms with Crippen molar-refractivity contribution in [3.63, 3.8) is 0 Å². The van der Waals surface area contributed by atoms with E-state index in [-0.39, 0.29) is 12.4 Å². The number of carboxylic acid groups (broad SMARTS) is 1. The maximum absolute atomic E-state index is 13.5. The molecule has 3 rings (SSSR count). The zero-order valence-electron chi connectivity index (χ0n) is 14.1. The van der Waals surface area contributed by atoms with E-state index in [9.17, 15) is 29.3 Å². The third-order valence-electron chi connectivity index (χ3n) is 4.19. The molecule has 2 fully saturated rings. The number of hydrogen-bond donors (Lipinski definition) is 5. The molecule has 0 bridgehead atoms. The molecule has 0 radical (unpaired) electrons. The van der Waals surface area contributed by atoms with Crippen molar-refractivity contribution < 1.29 is 43.8 Å². The van der Waals surface area contributed by atoms with E-state index in [0.717, 1.165) is 10.8 Å². The molecule has 7 unspecified atom stereocenters. The van der Waals surface area contributed by atoms with Crippen LogP contribution in [0.1, 0.15) is 6.23 Å². The molecule has 12 nitrogen and oxygen atoms in total. The molecule has 0 aliphatic carbocycles. The van der Waals surface area contributed by atoms with Crippen molar-refractivity contribution in [1.29, 1.82) is 0 Å². The highest BCUT2D eigenvalue weighted by Crippen LogP contribution is 2.32. The number of rotatable bonds is 5. The maximum atomic E-state index is 13.5. The van der Waals surface area contributed by atoms with Gasteiger partial charge in [0.05, 0.1) is 12.8 Å². The van der Waals surface area contributed by atoms with Crippen molar-refractivity contribution in [3.05, 3.63) is 22.5 Å². The summed E-state index contributed by atoms with van der Waals surface area (Å²) in [7, 11) is 0. The summed E-state index contributed by atoms with van der Waals surface area (Å²) >= 11 is 1.21. The van der Waals surface area contributed by atoms with Crippen LogP contribution in [0.15, 0.2) is 11.0 Å². The largest absolute Gasteiger partial charge is 0.479 e. The lowest BCUT2D eigenvalue weighted by atomic mass is 9.99. The van der Waals surface area contributed by atoms with E-state index < -0.39 is 65.7 Å². The van der Waals surface area contributed by atoms with E-state index in [2.05, 4.69) is 4.98 Å². The number of carbonyl (C=O) groups is 1. The summed E-state index contributed by atoms with van der Waals surface area (Å²) in [4.78, 5) is 26.2. The minimum absolute atomic E-state index is 0.211. The Bertz CT molecular complexity index is 796. The summed E-state index contributed by atoms with van der Waals surface area (Å²) in [6, 6.07) is 0. The quantitative estimate of drug-likeness (QED) is 0.334. The van der Waals surface area contributed by atoms with Crippen LogP contribution in [-0.2, 0) is 19.0 Å². The van der Waals surface area contributed by atoms with Crippen LogP contribution in [0.5, 0.6) is 0 Å². The van der Waals surface area contributed by atoms with Gasteiger partial charge in [-0.1, -0.05) is 0 Å². The number of ether oxygens (including phenoxy) is 3. The van der Waals surface area contributed by atoms with Gasteiger partial charge in [0.2, 0.25) is 0 Å². The average Bonchev–Trinajstić information content (AvgIpc) is 3.10. The second-order valence-electron chi connectivity index (χ2n) is 6.09. The number of hydrogen-bond acceptors (Lipinski definition) is 11. The molecule has 2 aliphatic rings. The van der Waals surface area contributed by atoms with Gasteiger partial charge in [-0.05, 0) is 0 Å². The van der Waals surface area contributed by atoms with Gasteiger partial charge in [-0.25, -0.2) is 14.0 Å². The molecule has 7 atom stereocenters. The van der Waals surface area contributed by atoms with E-state index in [1.165, 1.54) is 11.8 Å². The summed E-state index contributed by atoms with van der Waals surface area (Å²) < 4.78 is 30.3. The van der Waals surface area contributed by atoms with Crippen molar-refractivity contribution in [1.82, 2.24) is 9.55 Å². The Morgan fingerprint density at radius 2 is 2.07 bits per heavy atom. The number of halogens is 1. The molecular weight excluding hydrogens is 405 g/mol. The lowest BCUT2D eigenvalue weighted by Crippen LogP contribution is -2.60. The van der Waals surface area contributed by atoms with E-state index in [4.69, 9.17) is 25.1 Å². The van der Waals surface area contributed by atoms with Gasteiger partial charge >= 0.3 is 11.7 Å². The molecule has 0 amide bonds. The lowest BCUT2D eigenvalue weighted by Gasteiger charge is -2.38. The first-order valence-electron chi connectivity index (χ1n) is 8.04. The summed E-state index contributed by atoms with van der Waals surface area (Å²) in [6.07, 6.45) is -8.57. The molecule has 6 N–H and O–H groups in total. The molecule has 1 aromatic heterocycles. The Labute approximate surface area is 160 Å². The van der Waals surface area contributed by atoms with Gasteiger partial charge in [-0.2, -0.15) is 4.98 Å². The molecule has 3 heterocycles. The van der Waals surface area contributed by atoms with E-state index in [0.29, 0.717) is 0 Å². The van der Waals surface area contributed by atoms with Crippen LogP contribution in [0, 0.1) is 5.82 Å². The van der Waals surface area contributed by atoms with Gasteiger partial charge in [-0.3, -0.25) is 4.57 Å². The number of aliphatic hydroxyl groups excluding tert-OH is 3. The molecule has 0 aromatic carbocycles. The van der Waals surface area contributed by atoms with Crippen LogP contribution >= 0.6 is 11.8 Å². The van der Waals surface area contributed by atoms with E-state index in [1.807, 2.05) is 0 Å². The van der Waals surface area contributed by atoms with Crippen molar-refractivity contribution in [3.8, 4) is 0 Å². The predicted octanol–water partition coefficient (Wildman–Crippen LogP) is -2.54. The fraction of sp³-hybridized carbons (Fsp3) is 0.643. The Hall–Kier alpha value is -1.81. The summed E-state index contributed by atoms with van der Waals surface area (Å²) in [6.45, 7) is -0.211. The molecule has 2 saturated heterocycles. The second-order valence-corrected chi connectivity index (χ2v) is 7.28. The number of nitrogen functional groups attached to an aromatic ring is 1. The van der Waals surface area contributed by atoms with Crippen molar-refractivity contribution in [2.75, 3.05) is 18.1 Å². The molecule has 0 spiro atoms. The highest BCUT2D eigenvalue weighted by atomic mass is 32.2. The van der Waals surface area contributed by atoms with Crippen molar-refractivity contribution >= 4 is 23.5 Å². The third-order valence-corrected chi connectivity index (χ3v) is 5.28. The molecule has 156 valence electrons. The molecular formula is C14H18FN3O9S. The lowest BCUT2D eigenvalue weighted by molar-refractivity contribution is -0.296. The normalized spacial score (nSPS) is 35.8. The van der Waals surface area contributed by atoms with E-state index >= 15 is 0 Å². The number of thioether (sulfide) groups is 1. The minimum Gasteiger partial charge on any atom is -0.479 e. The van der Waals surface area contributed by atoms with Gasteiger partial charge in [0.15, 0.2) is 24.0 Å². The summed E-state index contributed by atoms with van der Waals surface area (Å²) in [5.41, 5.74) is 3.77. The van der Waals surface area contributed by atoms with Gasteiger partial charge in [-0.15, -0.1) is 11.8 Å². The average molecular weight is 423 g/mol. The second kappa shape index (κ2) is 8.28. The molecule has 0 saturated carbocycles. The number of aromatic nitrogens is 2. The Balaban J connectivity index is 1.59. The fourth-order valence-electron chi connectivity index (χ4n) is 2.70. The third kappa shape index (κ3) is 4.12. The van der Waals surface area contributed by atoms with Crippen LogP contribution in [0.3, 0.4) is 0 Å². The topological polar surface area (TPSA) is 187 Å². The zero-order chi connectivity index (χ0) is 20.6. The van der Waals surface area contributed by atoms with Crippen LogP contribution in [0.2, 0.25) is 0 Å². The van der Waals surface area contributed by atoms with Gasteiger partial charge in [0, 0.05) is 5.75 Å². The van der Waals surface area contributed by atoms with Crippen LogP contribution in [0.25, 0.3) is 0 Å². The zero-order valence-corrected chi connectivity index (χ0v) is 14.9. The Morgan fingerprint density at radius 3 is 2.75 bits per heavy atom. The SMILES string of the molecule is Nc1nc(=O)n(C2CSC(COC3OC(C(=O)O)C(O)C(O)C3O)O2)cc1F. The number of anilines is 1. The highest BCUT2D eigenvalue weighted by molar-refractivity contribution is 8.00. The van der Waals surface area contributed by atoms with Crippen LogP contribution in [0.4, 0.5) is 10.2 Å². The fourth-order valence-corrected chi connectivity index (χ4v) is 3.70. The Kier molecular flexibility index (Phi) is 6.18. The van der Waals surface area contributed by atoms with Crippen LogP contribution < -0.4 is 11.4 Å². The number of nitrogens with zero attached hydrogens (tertiary/aromatic N) is 2. The molecule has 2 aliphatic heterocycles. The number of nitrogens with two attached hydrogens (primary N) is 1. The maximum Gasteiger partial charge on any atom is 0.351 e. The van der Waals surface area contributed by atoms with Crippen molar-refractivity contribution in [2.45, 2.75) is 42.4 Å².